The first-order valence-corrected chi connectivity index (χ1v) is 8.53. The third kappa shape index (κ3) is 4.83. The van der Waals surface area contributed by atoms with Crippen LogP contribution in [0.15, 0.2) is 27.9 Å². The van der Waals surface area contributed by atoms with Crippen molar-refractivity contribution in [1.82, 2.24) is 9.88 Å². The van der Waals surface area contributed by atoms with Crippen LogP contribution in [0.4, 0.5) is 15.0 Å². The minimum absolute atomic E-state index is 0.188. The quantitative estimate of drug-likeness (QED) is 0.343. The van der Waals surface area contributed by atoms with Crippen molar-refractivity contribution in [3.05, 3.63) is 33.2 Å². The number of carbonyl (C=O) groups excluding carboxylic acids is 2. The summed E-state index contributed by atoms with van der Waals surface area (Å²) < 4.78 is 20.4. The number of anilines is 1. The SMILES string of the molecule is CC(C)(C)OC(=O)N1C[C@@H](N=[N+]=[N-])[C@H](F)[C@H]1C(=O)Nc1cccc(Br)n1. The lowest BCUT2D eigenvalue weighted by atomic mass is 10.1. The lowest BCUT2D eigenvalue weighted by Gasteiger charge is -2.28. The summed E-state index contributed by atoms with van der Waals surface area (Å²) in [7, 11) is 0. The molecule has 2 amide bonds. The molecular formula is C15H18BrFN6O3. The van der Waals surface area contributed by atoms with E-state index in [1.165, 1.54) is 6.07 Å². The van der Waals surface area contributed by atoms with Gasteiger partial charge in [-0.25, -0.2) is 14.2 Å². The first kappa shape index (κ1) is 19.9. The Morgan fingerprint density at radius 1 is 1.50 bits per heavy atom. The third-order valence-electron chi connectivity index (χ3n) is 3.45. The number of azide groups is 1. The number of rotatable bonds is 3. The fourth-order valence-electron chi connectivity index (χ4n) is 2.44. The molecule has 0 radical (unpaired) electrons. The molecule has 0 saturated carbocycles. The molecule has 1 aliphatic heterocycles. The van der Waals surface area contributed by atoms with Crippen molar-refractivity contribution in [3.63, 3.8) is 0 Å². The van der Waals surface area contributed by atoms with E-state index in [1.54, 1.807) is 32.9 Å². The second-order valence-electron chi connectivity index (χ2n) is 6.63. The zero-order chi connectivity index (χ0) is 19.5. The molecule has 1 aromatic rings. The zero-order valence-corrected chi connectivity index (χ0v) is 16.0. The van der Waals surface area contributed by atoms with Gasteiger partial charge in [-0.1, -0.05) is 11.2 Å². The lowest BCUT2D eigenvalue weighted by molar-refractivity contribution is -0.121. The van der Waals surface area contributed by atoms with Gasteiger partial charge in [-0.2, -0.15) is 0 Å². The van der Waals surface area contributed by atoms with E-state index in [1.807, 2.05) is 0 Å². The summed E-state index contributed by atoms with van der Waals surface area (Å²) >= 11 is 3.17. The maximum absolute atomic E-state index is 14.7. The minimum Gasteiger partial charge on any atom is -0.444 e. The number of aromatic nitrogens is 1. The lowest BCUT2D eigenvalue weighted by Crippen LogP contribution is -2.48. The van der Waals surface area contributed by atoms with Crippen LogP contribution in [0.3, 0.4) is 0 Å². The van der Waals surface area contributed by atoms with Gasteiger partial charge in [0, 0.05) is 11.5 Å². The predicted molar refractivity (Wildman–Crippen MR) is 95.1 cm³/mol. The van der Waals surface area contributed by atoms with Crippen LogP contribution in [0, 0.1) is 0 Å². The van der Waals surface area contributed by atoms with Crippen molar-refractivity contribution < 1.29 is 18.7 Å². The Morgan fingerprint density at radius 3 is 2.77 bits per heavy atom. The number of hydrogen-bond donors (Lipinski definition) is 1. The van der Waals surface area contributed by atoms with Gasteiger partial charge >= 0.3 is 6.09 Å². The number of carbonyl (C=O) groups is 2. The Kier molecular flexibility index (Phi) is 6.04. The molecule has 1 fully saturated rings. The van der Waals surface area contributed by atoms with Crippen molar-refractivity contribution in [3.8, 4) is 0 Å². The summed E-state index contributed by atoms with van der Waals surface area (Å²) in [4.78, 5) is 32.5. The fourth-order valence-corrected chi connectivity index (χ4v) is 2.78. The van der Waals surface area contributed by atoms with Gasteiger partial charge in [0.25, 0.3) is 5.91 Å². The summed E-state index contributed by atoms with van der Waals surface area (Å²) in [6.45, 7) is 4.70. The summed E-state index contributed by atoms with van der Waals surface area (Å²) in [6.07, 6.45) is -2.73. The van der Waals surface area contributed by atoms with Gasteiger partial charge in [-0.15, -0.1) is 0 Å². The highest BCUT2D eigenvalue weighted by molar-refractivity contribution is 9.10. The number of ether oxygens (including phenoxy) is 1. The topological polar surface area (TPSA) is 120 Å². The average Bonchev–Trinajstić information content (AvgIpc) is 2.83. The first-order valence-electron chi connectivity index (χ1n) is 7.73. The number of halogens is 2. The van der Waals surface area contributed by atoms with Gasteiger partial charge in [0.05, 0.1) is 6.04 Å². The van der Waals surface area contributed by atoms with E-state index >= 15 is 0 Å². The first-order chi connectivity index (χ1) is 12.1. The molecule has 1 saturated heterocycles. The number of nitrogens with zero attached hydrogens (tertiary/aromatic N) is 5. The van der Waals surface area contributed by atoms with Crippen LogP contribution >= 0.6 is 15.9 Å². The van der Waals surface area contributed by atoms with E-state index in [0.717, 1.165) is 4.90 Å². The molecule has 0 spiro atoms. The molecule has 1 N–H and O–H groups in total. The normalized spacial score (nSPS) is 22.5. The summed E-state index contributed by atoms with van der Waals surface area (Å²) in [5.41, 5.74) is 7.76. The van der Waals surface area contributed by atoms with E-state index < -0.39 is 35.9 Å². The Hall–Kier alpha value is -2.39. The van der Waals surface area contributed by atoms with Gasteiger partial charge in [-0.3, -0.25) is 9.69 Å². The molecule has 0 bridgehead atoms. The van der Waals surface area contributed by atoms with E-state index in [-0.39, 0.29) is 12.4 Å². The van der Waals surface area contributed by atoms with E-state index in [9.17, 15) is 14.0 Å². The predicted octanol–water partition coefficient (Wildman–Crippen LogP) is 3.42. The smallest absolute Gasteiger partial charge is 0.411 e. The van der Waals surface area contributed by atoms with Gasteiger partial charge < -0.3 is 10.1 Å². The monoisotopic (exact) mass is 428 g/mol. The van der Waals surface area contributed by atoms with Crippen molar-refractivity contribution in [1.29, 1.82) is 0 Å². The molecule has 11 heteroatoms. The minimum atomic E-state index is -1.87. The zero-order valence-electron chi connectivity index (χ0n) is 14.4. The number of pyridine rings is 1. The molecular weight excluding hydrogens is 411 g/mol. The van der Waals surface area contributed by atoms with Crippen LogP contribution in [0.25, 0.3) is 10.4 Å². The maximum Gasteiger partial charge on any atom is 0.411 e. The van der Waals surface area contributed by atoms with Crippen LogP contribution < -0.4 is 5.32 Å². The number of likely N-dealkylation sites (tertiary alicyclic amines) is 1. The molecule has 0 aliphatic carbocycles. The van der Waals surface area contributed by atoms with Crippen molar-refractivity contribution in [2.45, 2.75) is 44.6 Å². The van der Waals surface area contributed by atoms with E-state index in [4.69, 9.17) is 10.3 Å². The molecule has 1 aromatic heterocycles. The van der Waals surface area contributed by atoms with Gasteiger partial charge in [0.2, 0.25) is 0 Å². The van der Waals surface area contributed by atoms with E-state index in [0.29, 0.717) is 4.60 Å². The van der Waals surface area contributed by atoms with Crippen molar-refractivity contribution in [2.24, 2.45) is 5.11 Å². The Balaban J connectivity index is 2.25. The third-order valence-corrected chi connectivity index (χ3v) is 3.89. The molecule has 0 unspecified atom stereocenters. The average molecular weight is 429 g/mol. The van der Waals surface area contributed by atoms with Crippen LogP contribution in [0.5, 0.6) is 0 Å². The number of alkyl halides is 1. The molecule has 2 heterocycles. The standard InChI is InChI=1S/C15H18BrFN6O3/c1-15(2,3)26-14(25)23-7-8(21-22-18)11(17)12(23)13(24)20-10-6-4-5-9(16)19-10/h4-6,8,11-12H,7H2,1-3H3,(H,19,20,24)/t8-,11+,12+/m1/s1. The molecule has 0 aromatic carbocycles. The Labute approximate surface area is 157 Å². The van der Waals surface area contributed by atoms with Crippen LogP contribution in [-0.4, -0.2) is 52.3 Å². The fraction of sp³-hybridized carbons (Fsp3) is 0.533. The number of amides is 2. The molecule has 140 valence electrons. The molecule has 2 rings (SSSR count). The molecule has 3 atom stereocenters. The summed E-state index contributed by atoms with van der Waals surface area (Å²) in [6, 6.07) is 2.14. The summed E-state index contributed by atoms with van der Waals surface area (Å²) in [5.74, 6) is -0.599. The van der Waals surface area contributed by atoms with Gasteiger partial charge in [-0.05, 0) is 54.4 Å². The highest BCUT2D eigenvalue weighted by atomic mass is 79.9. The van der Waals surface area contributed by atoms with Gasteiger partial charge in [0.15, 0.2) is 0 Å². The second-order valence-corrected chi connectivity index (χ2v) is 7.44. The van der Waals surface area contributed by atoms with Crippen molar-refractivity contribution >= 4 is 33.7 Å². The number of nitrogens with one attached hydrogen (secondary N) is 1. The van der Waals surface area contributed by atoms with Crippen LogP contribution in [0.1, 0.15) is 20.8 Å². The summed E-state index contributed by atoms with van der Waals surface area (Å²) in [5, 5.41) is 5.80. The van der Waals surface area contributed by atoms with Crippen molar-refractivity contribution in [2.75, 3.05) is 11.9 Å². The van der Waals surface area contributed by atoms with Crippen LogP contribution in [-0.2, 0) is 9.53 Å². The highest BCUT2D eigenvalue weighted by Crippen LogP contribution is 2.27. The van der Waals surface area contributed by atoms with Gasteiger partial charge in [0.1, 0.15) is 28.2 Å². The largest absolute Gasteiger partial charge is 0.444 e. The Bertz CT molecular complexity index is 749. The number of hydrogen-bond acceptors (Lipinski definition) is 5. The maximum atomic E-state index is 14.7. The second kappa shape index (κ2) is 7.88. The molecule has 1 aliphatic rings. The Morgan fingerprint density at radius 2 is 2.19 bits per heavy atom. The van der Waals surface area contributed by atoms with Crippen LogP contribution in [0.2, 0.25) is 0 Å². The molecule has 26 heavy (non-hydrogen) atoms. The van der Waals surface area contributed by atoms with E-state index in [2.05, 4.69) is 36.3 Å². The molecule has 9 nitrogen and oxygen atoms in total. The highest BCUT2D eigenvalue weighted by Gasteiger charge is 2.49.